The standard InChI is InChI=1S/C14H22N4O3/c1-2-3-6-18(11-4-5-11)14(21)17-12(13(19)20)7-10-8-15-9-16-10/h8-9,11-12H,2-7H2,1H3,(H,15,16)(H,17,21)(H,19,20). The van der Waals surface area contributed by atoms with Gasteiger partial charge < -0.3 is 20.3 Å². The molecule has 1 heterocycles. The molecular weight excluding hydrogens is 272 g/mol. The lowest BCUT2D eigenvalue weighted by Crippen LogP contribution is -2.49. The van der Waals surface area contributed by atoms with Gasteiger partial charge in [0.15, 0.2) is 0 Å². The van der Waals surface area contributed by atoms with Crippen molar-refractivity contribution in [3.63, 3.8) is 0 Å². The third kappa shape index (κ3) is 4.47. The van der Waals surface area contributed by atoms with Crippen LogP contribution in [0.25, 0.3) is 0 Å². The largest absolute Gasteiger partial charge is 0.480 e. The fourth-order valence-electron chi connectivity index (χ4n) is 2.21. The minimum absolute atomic E-state index is 0.202. The first kappa shape index (κ1) is 15.3. The SMILES string of the molecule is CCCCN(C(=O)NC(Cc1cnc[nH]1)C(=O)O)C1CC1. The van der Waals surface area contributed by atoms with Crippen molar-refractivity contribution in [1.29, 1.82) is 0 Å². The summed E-state index contributed by atoms with van der Waals surface area (Å²) in [7, 11) is 0. The van der Waals surface area contributed by atoms with Crippen LogP contribution in [0.1, 0.15) is 38.3 Å². The van der Waals surface area contributed by atoms with Crippen LogP contribution < -0.4 is 5.32 Å². The monoisotopic (exact) mass is 294 g/mol. The normalized spacial score (nSPS) is 15.5. The molecule has 1 aliphatic rings. The molecule has 0 bridgehead atoms. The van der Waals surface area contributed by atoms with Crippen LogP contribution in [-0.2, 0) is 11.2 Å². The van der Waals surface area contributed by atoms with Gasteiger partial charge in [0.1, 0.15) is 6.04 Å². The van der Waals surface area contributed by atoms with Crippen LogP contribution in [-0.4, -0.2) is 50.6 Å². The number of carboxylic acid groups (broad SMARTS) is 1. The second kappa shape index (κ2) is 7.10. The number of hydrogen-bond donors (Lipinski definition) is 3. The van der Waals surface area contributed by atoms with Gasteiger partial charge in [-0.15, -0.1) is 0 Å². The highest BCUT2D eigenvalue weighted by molar-refractivity contribution is 5.83. The lowest BCUT2D eigenvalue weighted by molar-refractivity contribution is -0.139. The lowest BCUT2D eigenvalue weighted by Gasteiger charge is -2.25. The summed E-state index contributed by atoms with van der Waals surface area (Å²) in [6, 6.07) is -0.947. The summed E-state index contributed by atoms with van der Waals surface area (Å²) in [4.78, 5) is 32.1. The number of hydrogen-bond acceptors (Lipinski definition) is 3. The van der Waals surface area contributed by atoms with Gasteiger partial charge >= 0.3 is 12.0 Å². The fourth-order valence-corrected chi connectivity index (χ4v) is 2.21. The van der Waals surface area contributed by atoms with E-state index < -0.39 is 12.0 Å². The Bertz CT molecular complexity index is 471. The van der Waals surface area contributed by atoms with E-state index in [0.717, 1.165) is 25.7 Å². The number of carboxylic acids is 1. The van der Waals surface area contributed by atoms with E-state index in [9.17, 15) is 14.7 Å². The molecule has 3 N–H and O–H groups in total. The number of nitrogens with zero attached hydrogens (tertiary/aromatic N) is 2. The second-order valence-corrected chi connectivity index (χ2v) is 5.40. The van der Waals surface area contributed by atoms with E-state index >= 15 is 0 Å². The van der Waals surface area contributed by atoms with Crippen molar-refractivity contribution in [2.45, 2.75) is 51.1 Å². The molecule has 1 saturated carbocycles. The molecule has 7 heteroatoms. The molecule has 7 nitrogen and oxygen atoms in total. The number of aliphatic carboxylic acids is 1. The molecule has 1 unspecified atom stereocenters. The number of aromatic nitrogens is 2. The van der Waals surface area contributed by atoms with E-state index in [1.807, 2.05) is 0 Å². The number of aromatic amines is 1. The summed E-state index contributed by atoms with van der Waals surface area (Å²) in [6.45, 7) is 2.75. The van der Waals surface area contributed by atoms with Gasteiger partial charge in [-0.2, -0.15) is 0 Å². The summed E-state index contributed by atoms with van der Waals surface area (Å²) in [5.41, 5.74) is 0.689. The number of urea groups is 1. The second-order valence-electron chi connectivity index (χ2n) is 5.40. The number of carbonyl (C=O) groups is 2. The van der Waals surface area contributed by atoms with Crippen LogP contribution in [0, 0.1) is 0 Å². The highest BCUT2D eigenvalue weighted by Crippen LogP contribution is 2.27. The summed E-state index contributed by atoms with van der Waals surface area (Å²) in [5.74, 6) is -1.04. The van der Waals surface area contributed by atoms with Crippen LogP contribution in [0.3, 0.4) is 0 Å². The van der Waals surface area contributed by atoms with E-state index in [2.05, 4.69) is 22.2 Å². The minimum Gasteiger partial charge on any atom is -0.480 e. The maximum atomic E-state index is 12.3. The van der Waals surface area contributed by atoms with Crippen LogP contribution in [0.4, 0.5) is 4.79 Å². The molecule has 1 atom stereocenters. The van der Waals surface area contributed by atoms with Gasteiger partial charge in [-0.3, -0.25) is 0 Å². The van der Waals surface area contributed by atoms with Crippen molar-refractivity contribution in [3.8, 4) is 0 Å². The molecule has 0 radical (unpaired) electrons. The van der Waals surface area contributed by atoms with Gasteiger partial charge in [-0.25, -0.2) is 14.6 Å². The van der Waals surface area contributed by atoms with E-state index in [1.54, 1.807) is 11.1 Å². The summed E-state index contributed by atoms with van der Waals surface area (Å²) in [5, 5.41) is 11.9. The molecule has 1 aromatic rings. The van der Waals surface area contributed by atoms with Gasteiger partial charge in [0, 0.05) is 30.9 Å². The highest BCUT2D eigenvalue weighted by Gasteiger charge is 2.33. The number of nitrogens with one attached hydrogen (secondary N) is 2. The first-order valence-electron chi connectivity index (χ1n) is 7.39. The first-order chi connectivity index (χ1) is 10.1. The van der Waals surface area contributed by atoms with E-state index in [1.165, 1.54) is 6.33 Å². The van der Waals surface area contributed by atoms with Gasteiger partial charge in [0.2, 0.25) is 0 Å². The zero-order chi connectivity index (χ0) is 15.2. The molecule has 1 aromatic heterocycles. The predicted molar refractivity (Wildman–Crippen MR) is 76.9 cm³/mol. The van der Waals surface area contributed by atoms with Gasteiger partial charge in [-0.05, 0) is 19.3 Å². The molecule has 0 aromatic carbocycles. The average Bonchev–Trinajstić information content (AvgIpc) is 3.15. The van der Waals surface area contributed by atoms with Crippen molar-refractivity contribution in [3.05, 3.63) is 18.2 Å². The van der Waals surface area contributed by atoms with E-state index in [0.29, 0.717) is 12.2 Å². The molecule has 116 valence electrons. The molecule has 0 aliphatic heterocycles. The third-order valence-corrected chi connectivity index (χ3v) is 3.58. The number of rotatable bonds is 8. The summed E-state index contributed by atoms with van der Waals surface area (Å²) in [6.07, 6.45) is 7.22. The molecule has 2 amide bonds. The Balaban J connectivity index is 1.94. The number of unbranched alkanes of at least 4 members (excludes halogenated alkanes) is 1. The third-order valence-electron chi connectivity index (χ3n) is 3.58. The van der Waals surface area contributed by atoms with Crippen molar-refractivity contribution >= 4 is 12.0 Å². The average molecular weight is 294 g/mol. The molecule has 2 rings (SSSR count). The zero-order valence-electron chi connectivity index (χ0n) is 12.2. The van der Waals surface area contributed by atoms with E-state index in [4.69, 9.17) is 0 Å². The van der Waals surface area contributed by atoms with Crippen molar-refractivity contribution in [2.24, 2.45) is 0 Å². The topological polar surface area (TPSA) is 98.3 Å². The number of H-pyrrole nitrogens is 1. The fraction of sp³-hybridized carbons (Fsp3) is 0.643. The molecule has 0 saturated heterocycles. The van der Waals surface area contributed by atoms with Gasteiger partial charge in [0.05, 0.1) is 6.33 Å². The Labute approximate surface area is 123 Å². The first-order valence-corrected chi connectivity index (χ1v) is 7.39. The Morgan fingerprint density at radius 1 is 1.57 bits per heavy atom. The molecule has 0 spiro atoms. The quantitative estimate of drug-likeness (QED) is 0.674. The smallest absolute Gasteiger partial charge is 0.326 e. The maximum absolute atomic E-state index is 12.3. The number of imidazole rings is 1. The van der Waals surface area contributed by atoms with Crippen molar-refractivity contribution < 1.29 is 14.7 Å². The lowest BCUT2D eigenvalue weighted by atomic mass is 10.1. The van der Waals surface area contributed by atoms with Gasteiger partial charge in [-0.1, -0.05) is 13.3 Å². The van der Waals surface area contributed by atoms with Gasteiger partial charge in [0.25, 0.3) is 0 Å². The Kier molecular flexibility index (Phi) is 5.19. The zero-order valence-corrected chi connectivity index (χ0v) is 12.2. The predicted octanol–water partition coefficient (Wildman–Crippen LogP) is 1.38. The minimum atomic E-state index is -1.04. The number of amides is 2. The van der Waals surface area contributed by atoms with E-state index in [-0.39, 0.29) is 18.5 Å². The number of carbonyl (C=O) groups excluding carboxylic acids is 1. The Morgan fingerprint density at radius 2 is 2.33 bits per heavy atom. The van der Waals surface area contributed by atoms with Crippen LogP contribution in [0.15, 0.2) is 12.5 Å². The molecule has 1 fully saturated rings. The van der Waals surface area contributed by atoms with Crippen molar-refractivity contribution in [1.82, 2.24) is 20.2 Å². The van der Waals surface area contributed by atoms with Crippen LogP contribution in [0.2, 0.25) is 0 Å². The van der Waals surface area contributed by atoms with Crippen LogP contribution >= 0.6 is 0 Å². The summed E-state index contributed by atoms with van der Waals surface area (Å²) < 4.78 is 0. The maximum Gasteiger partial charge on any atom is 0.326 e. The summed E-state index contributed by atoms with van der Waals surface area (Å²) >= 11 is 0. The molecular formula is C14H22N4O3. The highest BCUT2D eigenvalue weighted by atomic mass is 16.4. The van der Waals surface area contributed by atoms with Crippen LogP contribution in [0.5, 0.6) is 0 Å². The molecule has 1 aliphatic carbocycles. The Hall–Kier alpha value is -2.05. The van der Waals surface area contributed by atoms with Crippen molar-refractivity contribution in [2.75, 3.05) is 6.54 Å². The Morgan fingerprint density at radius 3 is 2.86 bits per heavy atom. The molecule has 21 heavy (non-hydrogen) atoms.